The molecule has 168 valence electrons. The number of carbonyl (C=O) groups is 1. The zero-order valence-electron chi connectivity index (χ0n) is 16.8. The van der Waals surface area contributed by atoms with Crippen LogP contribution in [0, 0.1) is 17.3 Å². The van der Waals surface area contributed by atoms with Crippen molar-refractivity contribution in [1.29, 1.82) is 0 Å². The van der Waals surface area contributed by atoms with Gasteiger partial charge in [-0.25, -0.2) is 14.8 Å². The summed E-state index contributed by atoms with van der Waals surface area (Å²) in [5.41, 5.74) is 0.396. The van der Waals surface area contributed by atoms with E-state index in [1.807, 2.05) is 18.5 Å². The molecule has 3 heterocycles. The predicted molar refractivity (Wildman–Crippen MR) is 102 cm³/mol. The number of ether oxygens (including phenoxy) is 2. The van der Waals surface area contributed by atoms with Crippen LogP contribution >= 0.6 is 0 Å². The molecule has 0 aromatic carbocycles. The number of carboxylic acids is 1. The number of hydrogen-bond acceptors (Lipinski definition) is 6. The molecule has 7 nitrogen and oxygen atoms in total. The van der Waals surface area contributed by atoms with Gasteiger partial charge in [0.15, 0.2) is 0 Å². The lowest BCUT2D eigenvalue weighted by Crippen LogP contribution is -2.49. The summed E-state index contributed by atoms with van der Waals surface area (Å²) in [5.74, 6) is -0.496. The van der Waals surface area contributed by atoms with Gasteiger partial charge in [0.1, 0.15) is 0 Å². The number of aromatic nitrogens is 2. The molecule has 1 unspecified atom stereocenters. The van der Waals surface area contributed by atoms with E-state index in [1.54, 1.807) is 0 Å². The van der Waals surface area contributed by atoms with E-state index < -0.39 is 12.1 Å². The van der Waals surface area contributed by atoms with Crippen molar-refractivity contribution < 1.29 is 32.5 Å². The molecule has 1 aliphatic carbocycles. The Morgan fingerprint density at radius 3 is 2.40 bits per heavy atom. The highest BCUT2D eigenvalue weighted by atomic mass is 19.4. The van der Waals surface area contributed by atoms with E-state index in [0.29, 0.717) is 11.3 Å². The molecule has 1 atom stereocenters. The van der Waals surface area contributed by atoms with Gasteiger partial charge in [-0.2, -0.15) is 13.2 Å². The predicted octanol–water partition coefficient (Wildman–Crippen LogP) is 3.16. The average molecular weight is 431 g/mol. The molecule has 1 spiro atoms. The van der Waals surface area contributed by atoms with Crippen LogP contribution in [-0.4, -0.2) is 66.7 Å². The second-order valence-corrected chi connectivity index (χ2v) is 8.20. The first-order valence-corrected chi connectivity index (χ1v) is 10.3. The number of hydrogen-bond donors (Lipinski definition) is 1. The van der Waals surface area contributed by atoms with E-state index in [4.69, 9.17) is 19.4 Å². The minimum atomic E-state index is -5.08. The van der Waals surface area contributed by atoms with E-state index in [1.165, 1.54) is 32.1 Å². The lowest BCUT2D eigenvalue weighted by molar-refractivity contribution is -0.192. The summed E-state index contributed by atoms with van der Waals surface area (Å²) in [4.78, 5) is 20.0. The minimum Gasteiger partial charge on any atom is -0.475 e. The first-order chi connectivity index (χ1) is 14.3. The number of piperidine rings is 1. The van der Waals surface area contributed by atoms with Gasteiger partial charge in [-0.1, -0.05) is 0 Å². The van der Waals surface area contributed by atoms with Crippen LogP contribution in [0.4, 0.5) is 19.1 Å². The van der Waals surface area contributed by atoms with Gasteiger partial charge >= 0.3 is 12.1 Å². The zero-order valence-corrected chi connectivity index (χ0v) is 16.8. The molecule has 0 amide bonds. The molecule has 2 aliphatic heterocycles. The first-order valence-electron chi connectivity index (χ1n) is 10.3. The summed E-state index contributed by atoms with van der Waals surface area (Å²) < 4.78 is 43.5. The van der Waals surface area contributed by atoms with Gasteiger partial charge in [0.05, 0.1) is 13.2 Å². The van der Waals surface area contributed by atoms with Crippen LogP contribution in [0.2, 0.25) is 0 Å². The summed E-state index contributed by atoms with van der Waals surface area (Å²) >= 11 is 0. The topological polar surface area (TPSA) is 84.8 Å². The third-order valence-electron chi connectivity index (χ3n) is 6.14. The highest BCUT2D eigenvalue weighted by Gasteiger charge is 2.44. The van der Waals surface area contributed by atoms with Gasteiger partial charge in [-0.3, -0.25) is 0 Å². The molecule has 1 aromatic rings. The molecular formula is C20H28F3N3O4. The Balaban J connectivity index is 0.000000318. The zero-order chi connectivity index (χ0) is 21.6. The molecule has 1 N–H and O–H groups in total. The number of alkyl halides is 3. The van der Waals surface area contributed by atoms with Crippen molar-refractivity contribution in [2.75, 3.05) is 44.4 Å². The molecule has 3 aliphatic rings. The molecular weight excluding hydrogens is 403 g/mol. The molecule has 3 fully saturated rings. The lowest BCUT2D eigenvalue weighted by Gasteiger charge is -2.49. The molecule has 30 heavy (non-hydrogen) atoms. The van der Waals surface area contributed by atoms with E-state index in [9.17, 15) is 13.2 Å². The summed E-state index contributed by atoms with van der Waals surface area (Å²) in [6.45, 7) is 5.69. The van der Waals surface area contributed by atoms with Crippen molar-refractivity contribution in [2.24, 2.45) is 17.3 Å². The fourth-order valence-electron chi connectivity index (χ4n) is 4.03. The summed E-state index contributed by atoms with van der Waals surface area (Å²) in [6.07, 6.45) is 4.87. The maximum absolute atomic E-state index is 10.6. The van der Waals surface area contributed by atoms with Gasteiger partial charge < -0.3 is 19.5 Å². The van der Waals surface area contributed by atoms with Crippen molar-refractivity contribution in [3.8, 4) is 0 Å². The summed E-state index contributed by atoms with van der Waals surface area (Å²) in [5, 5.41) is 7.12. The second-order valence-electron chi connectivity index (χ2n) is 8.20. The maximum atomic E-state index is 10.6. The molecule has 4 rings (SSSR count). The standard InChI is InChI=1S/C18H27N3O2.C2HF3O2/c1-7-19-17(20-8-1)21-9-4-18(5-10-21)6-11-22-13-16(18)14-23-12-15-2-3-15;3-2(4,5)1(6)7/h1,7-8,15-16H,2-6,9-14H2;(H,6,7). The molecule has 0 radical (unpaired) electrons. The monoisotopic (exact) mass is 431 g/mol. The van der Waals surface area contributed by atoms with E-state index in [0.717, 1.165) is 51.4 Å². The summed E-state index contributed by atoms with van der Waals surface area (Å²) in [6, 6.07) is 1.88. The van der Waals surface area contributed by atoms with Gasteiger partial charge in [0.2, 0.25) is 5.95 Å². The van der Waals surface area contributed by atoms with Crippen molar-refractivity contribution in [1.82, 2.24) is 9.97 Å². The van der Waals surface area contributed by atoms with Crippen molar-refractivity contribution in [3.05, 3.63) is 18.5 Å². The number of carboxylic acid groups (broad SMARTS) is 1. The second kappa shape index (κ2) is 9.91. The van der Waals surface area contributed by atoms with Gasteiger partial charge in [0.25, 0.3) is 0 Å². The quantitative estimate of drug-likeness (QED) is 0.767. The Hall–Kier alpha value is -1.94. The Morgan fingerprint density at radius 2 is 1.83 bits per heavy atom. The average Bonchev–Trinajstić information content (AvgIpc) is 3.55. The van der Waals surface area contributed by atoms with Crippen LogP contribution in [-0.2, 0) is 14.3 Å². The van der Waals surface area contributed by atoms with Crippen molar-refractivity contribution in [3.63, 3.8) is 0 Å². The third kappa shape index (κ3) is 6.28. The minimum absolute atomic E-state index is 0.396. The van der Waals surface area contributed by atoms with Crippen LogP contribution < -0.4 is 4.90 Å². The van der Waals surface area contributed by atoms with Crippen LogP contribution in [0.1, 0.15) is 32.1 Å². The lowest BCUT2D eigenvalue weighted by atomic mass is 9.66. The normalized spacial score (nSPS) is 23.6. The smallest absolute Gasteiger partial charge is 0.475 e. The fraction of sp³-hybridized carbons (Fsp3) is 0.750. The first kappa shape index (κ1) is 22.7. The molecule has 0 bridgehead atoms. The van der Waals surface area contributed by atoms with Crippen molar-refractivity contribution >= 4 is 11.9 Å². The van der Waals surface area contributed by atoms with Crippen LogP contribution in [0.5, 0.6) is 0 Å². The highest BCUT2D eigenvalue weighted by molar-refractivity contribution is 5.73. The number of halogens is 3. The Morgan fingerprint density at radius 1 is 1.20 bits per heavy atom. The Kier molecular flexibility index (Phi) is 7.51. The van der Waals surface area contributed by atoms with E-state index >= 15 is 0 Å². The number of rotatable bonds is 5. The maximum Gasteiger partial charge on any atom is 0.490 e. The van der Waals surface area contributed by atoms with Crippen LogP contribution in [0.25, 0.3) is 0 Å². The number of anilines is 1. The third-order valence-corrected chi connectivity index (χ3v) is 6.14. The SMILES string of the molecule is O=C(O)C(F)(F)F.c1cnc(N2CCC3(CCOCC3COCC3CC3)CC2)nc1. The summed E-state index contributed by atoms with van der Waals surface area (Å²) in [7, 11) is 0. The van der Waals surface area contributed by atoms with Gasteiger partial charge in [-0.15, -0.1) is 0 Å². The number of nitrogens with zero attached hydrogens (tertiary/aromatic N) is 3. The van der Waals surface area contributed by atoms with Gasteiger partial charge in [-0.05, 0) is 49.5 Å². The van der Waals surface area contributed by atoms with Crippen LogP contribution in [0.15, 0.2) is 18.5 Å². The number of aliphatic carboxylic acids is 1. The fourth-order valence-corrected chi connectivity index (χ4v) is 4.03. The molecule has 1 aromatic heterocycles. The molecule has 10 heteroatoms. The molecule has 2 saturated heterocycles. The largest absolute Gasteiger partial charge is 0.490 e. The highest BCUT2D eigenvalue weighted by Crippen LogP contribution is 2.45. The molecule has 1 saturated carbocycles. The Bertz CT molecular complexity index is 678. The van der Waals surface area contributed by atoms with Crippen LogP contribution in [0.3, 0.4) is 0 Å². The van der Waals surface area contributed by atoms with E-state index in [2.05, 4.69) is 14.9 Å². The van der Waals surface area contributed by atoms with E-state index in [-0.39, 0.29) is 0 Å². The van der Waals surface area contributed by atoms with Gasteiger partial charge in [0, 0.05) is 44.6 Å². The Labute approximate surface area is 173 Å². The van der Waals surface area contributed by atoms with Crippen molar-refractivity contribution in [2.45, 2.75) is 38.3 Å².